The van der Waals surface area contributed by atoms with Crippen LogP contribution in [0.15, 0.2) is 58.5 Å². The molecule has 0 amide bonds. The largest absolute Gasteiger partial charge is 0.465 e. The number of hydrogen-bond donors (Lipinski definition) is 1. The summed E-state index contributed by atoms with van der Waals surface area (Å²) >= 11 is 0. The first-order valence-corrected chi connectivity index (χ1v) is 8.56. The van der Waals surface area contributed by atoms with E-state index in [0.717, 1.165) is 31.0 Å². The van der Waals surface area contributed by atoms with Crippen LogP contribution in [0.4, 0.5) is 14.5 Å². The highest BCUT2D eigenvalue weighted by Gasteiger charge is 2.28. The number of benzene rings is 2. The number of hydrogen-bond acceptors (Lipinski definition) is 5. The van der Waals surface area contributed by atoms with E-state index >= 15 is 0 Å². The van der Waals surface area contributed by atoms with Crippen molar-refractivity contribution in [3.63, 3.8) is 0 Å². The monoisotopic (exact) mass is 367 g/mol. The summed E-state index contributed by atoms with van der Waals surface area (Å²) in [6, 6.07) is 8.80. The Hall–Kier alpha value is -2.74. The van der Waals surface area contributed by atoms with E-state index < -0.39 is 32.3 Å². The molecule has 0 radical (unpaired) electrons. The highest BCUT2D eigenvalue weighted by atomic mass is 32.2. The third kappa shape index (κ3) is 4.21. The topological polar surface area (TPSA) is 72.5 Å². The minimum absolute atomic E-state index is 0.0689. The number of rotatable bonds is 5. The van der Waals surface area contributed by atoms with Crippen LogP contribution in [0.3, 0.4) is 0 Å². The quantitative estimate of drug-likeness (QED) is 0.649. The van der Waals surface area contributed by atoms with Gasteiger partial charge in [-0.15, -0.1) is 0 Å². The molecule has 0 aliphatic heterocycles. The number of anilines is 1. The van der Waals surface area contributed by atoms with Crippen LogP contribution in [0.2, 0.25) is 0 Å². The molecule has 2 aromatic carbocycles. The summed E-state index contributed by atoms with van der Waals surface area (Å²) in [7, 11) is -3.12. The van der Waals surface area contributed by atoms with Gasteiger partial charge >= 0.3 is 5.97 Å². The van der Waals surface area contributed by atoms with Gasteiger partial charge < -0.3 is 10.1 Å². The van der Waals surface area contributed by atoms with E-state index in [1.54, 1.807) is 19.1 Å². The number of sulfone groups is 1. The number of carbonyl (C=O) groups is 1. The van der Waals surface area contributed by atoms with Crippen LogP contribution >= 0.6 is 0 Å². The Balaban J connectivity index is 2.42. The molecule has 8 heteroatoms. The molecule has 2 aromatic rings. The Labute approximate surface area is 143 Å². The Morgan fingerprint density at radius 2 is 1.72 bits per heavy atom. The van der Waals surface area contributed by atoms with Crippen molar-refractivity contribution in [1.29, 1.82) is 0 Å². The van der Waals surface area contributed by atoms with Crippen molar-refractivity contribution >= 4 is 21.5 Å². The molecule has 0 aliphatic rings. The lowest BCUT2D eigenvalue weighted by molar-refractivity contribution is -0.135. The van der Waals surface area contributed by atoms with Crippen molar-refractivity contribution in [1.82, 2.24) is 0 Å². The van der Waals surface area contributed by atoms with Crippen LogP contribution in [-0.2, 0) is 19.4 Å². The molecule has 0 aromatic heterocycles. The standard InChI is InChI=1S/C17H15F2NO4S/c1-11-3-6-13(7-4-11)25(22,23)16(17(21)24-2)10-20-12-5-8-14(18)15(19)9-12/h3-10,20H,1-2H3/b16-10-. The number of methoxy groups -OCH3 is 1. The second-order valence-electron chi connectivity index (χ2n) is 5.09. The highest BCUT2D eigenvalue weighted by molar-refractivity contribution is 7.96. The number of ether oxygens (including phenoxy) is 1. The molecule has 0 spiro atoms. The van der Waals surface area contributed by atoms with Crippen molar-refractivity contribution in [2.24, 2.45) is 0 Å². The smallest absolute Gasteiger partial charge is 0.351 e. The van der Waals surface area contributed by atoms with E-state index in [-0.39, 0.29) is 10.6 Å². The maximum absolute atomic E-state index is 13.2. The van der Waals surface area contributed by atoms with Crippen LogP contribution in [0, 0.1) is 18.6 Å². The van der Waals surface area contributed by atoms with Crippen LogP contribution in [0.25, 0.3) is 0 Å². The van der Waals surface area contributed by atoms with Crippen LogP contribution in [0.1, 0.15) is 5.56 Å². The molecule has 5 nitrogen and oxygen atoms in total. The number of esters is 1. The summed E-state index contributed by atoms with van der Waals surface area (Å²) in [4.78, 5) is 11.1. The van der Waals surface area contributed by atoms with Gasteiger partial charge in [-0.25, -0.2) is 22.0 Å². The van der Waals surface area contributed by atoms with Gasteiger partial charge in [0.05, 0.1) is 12.0 Å². The van der Waals surface area contributed by atoms with Crippen molar-refractivity contribution in [2.45, 2.75) is 11.8 Å². The van der Waals surface area contributed by atoms with Crippen LogP contribution < -0.4 is 5.32 Å². The van der Waals surface area contributed by atoms with E-state index in [1.165, 1.54) is 18.2 Å². The van der Waals surface area contributed by atoms with Gasteiger partial charge in [0.25, 0.3) is 0 Å². The van der Waals surface area contributed by atoms with Crippen LogP contribution in [-0.4, -0.2) is 21.5 Å². The van der Waals surface area contributed by atoms with Gasteiger partial charge in [0.15, 0.2) is 16.5 Å². The minimum Gasteiger partial charge on any atom is -0.465 e. The maximum atomic E-state index is 13.2. The Bertz CT molecular complexity index is 922. The molecule has 0 aliphatic carbocycles. The molecule has 0 fully saturated rings. The summed E-state index contributed by atoms with van der Waals surface area (Å²) in [5.74, 6) is -3.25. The van der Waals surface area contributed by atoms with Crippen molar-refractivity contribution in [3.8, 4) is 0 Å². The second kappa shape index (κ2) is 7.43. The third-order valence-corrected chi connectivity index (χ3v) is 5.05. The molecule has 0 atom stereocenters. The van der Waals surface area contributed by atoms with E-state index in [0.29, 0.717) is 0 Å². The summed E-state index contributed by atoms with van der Waals surface area (Å²) in [6.45, 7) is 1.79. The van der Waals surface area contributed by atoms with Crippen molar-refractivity contribution in [3.05, 3.63) is 70.8 Å². The van der Waals surface area contributed by atoms with E-state index in [4.69, 9.17) is 0 Å². The maximum Gasteiger partial charge on any atom is 0.351 e. The molecular formula is C17H15F2NO4S. The number of halogens is 2. The van der Waals surface area contributed by atoms with Gasteiger partial charge in [0.2, 0.25) is 9.84 Å². The molecule has 0 bridgehead atoms. The van der Waals surface area contributed by atoms with Gasteiger partial charge in [-0.2, -0.15) is 0 Å². The first-order valence-electron chi connectivity index (χ1n) is 7.07. The lowest BCUT2D eigenvalue weighted by Crippen LogP contribution is -2.17. The zero-order valence-electron chi connectivity index (χ0n) is 13.4. The molecular weight excluding hydrogens is 352 g/mol. The average molecular weight is 367 g/mol. The van der Waals surface area contributed by atoms with Gasteiger partial charge in [0.1, 0.15) is 0 Å². The Morgan fingerprint density at radius 3 is 2.28 bits per heavy atom. The van der Waals surface area contributed by atoms with E-state index in [2.05, 4.69) is 10.1 Å². The lowest BCUT2D eigenvalue weighted by Gasteiger charge is -2.09. The minimum atomic E-state index is -4.16. The molecule has 2 rings (SSSR count). The van der Waals surface area contributed by atoms with E-state index in [1.807, 2.05) is 0 Å². The zero-order chi connectivity index (χ0) is 18.6. The summed E-state index contributed by atoms with van der Waals surface area (Å²) in [6.07, 6.45) is 0.883. The average Bonchev–Trinajstić information content (AvgIpc) is 2.58. The van der Waals surface area contributed by atoms with Gasteiger partial charge in [-0.3, -0.25) is 0 Å². The number of nitrogens with one attached hydrogen (secondary N) is 1. The normalized spacial score (nSPS) is 11.9. The fourth-order valence-corrected chi connectivity index (χ4v) is 3.19. The predicted molar refractivity (Wildman–Crippen MR) is 88.4 cm³/mol. The van der Waals surface area contributed by atoms with E-state index in [9.17, 15) is 22.0 Å². The zero-order valence-corrected chi connectivity index (χ0v) is 14.2. The third-order valence-electron chi connectivity index (χ3n) is 3.30. The van der Waals surface area contributed by atoms with Gasteiger partial charge in [-0.1, -0.05) is 17.7 Å². The van der Waals surface area contributed by atoms with Gasteiger partial charge in [0, 0.05) is 18.0 Å². The molecule has 0 saturated carbocycles. The first-order chi connectivity index (χ1) is 11.8. The Kier molecular flexibility index (Phi) is 5.53. The predicted octanol–water partition coefficient (Wildman–Crippen LogP) is 3.17. The van der Waals surface area contributed by atoms with Crippen molar-refractivity contribution < 1.29 is 26.7 Å². The molecule has 0 saturated heterocycles. The van der Waals surface area contributed by atoms with Gasteiger partial charge in [-0.05, 0) is 31.2 Å². The SMILES string of the molecule is COC(=O)/C(=C/Nc1ccc(F)c(F)c1)S(=O)(=O)c1ccc(C)cc1. The number of carbonyl (C=O) groups excluding carboxylic acids is 1. The lowest BCUT2D eigenvalue weighted by atomic mass is 10.2. The molecule has 132 valence electrons. The molecule has 25 heavy (non-hydrogen) atoms. The molecule has 0 heterocycles. The fourth-order valence-electron chi connectivity index (χ4n) is 1.93. The summed E-state index contributed by atoms with van der Waals surface area (Å²) in [5, 5.41) is 2.47. The highest BCUT2D eigenvalue weighted by Crippen LogP contribution is 2.22. The fraction of sp³-hybridized carbons (Fsp3) is 0.118. The first kappa shape index (κ1) is 18.6. The van der Waals surface area contributed by atoms with Crippen LogP contribution in [0.5, 0.6) is 0 Å². The summed E-state index contributed by atoms with van der Waals surface area (Å²) in [5.41, 5.74) is 0.918. The number of aryl methyl sites for hydroxylation is 1. The second-order valence-corrected chi connectivity index (χ2v) is 7.01. The van der Waals surface area contributed by atoms with Crippen molar-refractivity contribution in [2.75, 3.05) is 12.4 Å². The molecule has 1 N–H and O–H groups in total. The summed E-state index contributed by atoms with van der Waals surface area (Å²) < 4.78 is 56.0. The Morgan fingerprint density at radius 1 is 1.08 bits per heavy atom. The molecule has 0 unspecified atom stereocenters.